The van der Waals surface area contributed by atoms with Gasteiger partial charge in [-0.2, -0.15) is 5.10 Å². The Hall–Kier alpha value is -3.64. The van der Waals surface area contributed by atoms with Crippen molar-refractivity contribution in [2.75, 3.05) is 29.9 Å². The number of benzene rings is 1. The minimum atomic E-state index is -0.349. The van der Waals surface area contributed by atoms with Crippen molar-refractivity contribution in [1.82, 2.24) is 25.1 Å². The molecule has 2 aliphatic rings. The molecular weight excluding hydrogens is 418 g/mol. The smallest absolute Gasteiger partial charge is 0.275 e. The van der Waals surface area contributed by atoms with Gasteiger partial charge in [0.05, 0.1) is 23.6 Å². The highest BCUT2D eigenvalue weighted by molar-refractivity contribution is 6.04. The quantitative estimate of drug-likeness (QED) is 0.539. The Bertz CT molecular complexity index is 1220. The predicted molar refractivity (Wildman–Crippen MR) is 126 cm³/mol. The van der Waals surface area contributed by atoms with Crippen LogP contribution in [0.2, 0.25) is 0 Å². The predicted octanol–water partition coefficient (Wildman–Crippen LogP) is 2.35. The molecule has 170 valence electrons. The fourth-order valence-corrected chi connectivity index (χ4v) is 4.05. The largest absolute Gasteiger partial charge is 0.479 e. The third-order valence-corrected chi connectivity index (χ3v) is 5.88. The molecule has 33 heavy (non-hydrogen) atoms. The van der Waals surface area contributed by atoms with E-state index in [0.717, 1.165) is 36.2 Å². The molecule has 5 rings (SSSR count). The van der Waals surface area contributed by atoms with Crippen molar-refractivity contribution in [2.24, 2.45) is 7.05 Å². The Labute approximate surface area is 192 Å². The Morgan fingerprint density at radius 2 is 2.09 bits per heavy atom. The van der Waals surface area contributed by atoms with Crippen LogP contribution < -0.4 is 20.3 Å². The molecule has 1 aliphatic carbocycles. The number of anilines is 2. The zero-order valence-electron chi connectivity index (χ0n) is 18.8. The van der Waals surface area contributed by atoms with Crippen LogP contribution in [-0.2, 0) is 7.05 Å². The van der Waals surface area contributed by atoms with Gasteiger partial charge >= 0.3 is 0 Å². The van der Waals surface area contributed by atoms with Crippen LogP contribution in [0.3, 0.4) is 0 Å². The minimum absolute atomic E-state index is 0.221. The zero-order chi connectivity index (χ0) is 22.8. The summed E-state index contributed by atoms with van der Waals surface area (Å²) in [5.74, 6) is 6.63. The molecular formula is C24H27N7O2. The molecule has 1 saturated heterocycles. The summed E-state index contributed by atoms with van der Waals surface area (Å²) in [5.41, 5.74) is 1.56. The van der Waals surface area contributed by atoms with Gasteiger partial charge in [0.2, 0.25) is 0 Å². The maximum Gasteiger partial charge on any atom is 0.275 e. The molecule has 3 aromatic rings. The number of aryl methyl sites for hydroxylation is 1. The second-order valence-electron chi connectivity index (χ2n) is 8.51. The van der Waals surface area contributed by atoms with E-state index in [9.17, 15) is 4.79 Å². The van der Waals surface area contributed by atoms with Crippen molar-refractivity contribution in [2.45, 2.75) is 38.3 Å². The van der Waals surface area contributed by atoms with Gasteiger partial charge in [-0.3, -0.25) is 9.48 Å². The third kappa shape index (κ3) is 4.91. The van der Waals surface area contributed by atoms with Gasteiger partial charge in [-0.25, -0.2) is 9.97 Å². The Morgan fingerprint density at radius 1 is 1.21 bits per heavy atom. The van der Waals surface area contributed by atoms with E-state index in [1.807, 2.05) is 19.3 Å². The third-order valence-electron chi connectivity index (χ3n) is 5.88. The first-order valence-corrected chi connectivity index (χ1v) is 11.2. The summed E-state index contributed by atoms with van der Waals surface area (Å²) in [5, 5.41) is 11.9. The number of ether oxygens (including phenoxy) is 1. The van der Waals surface area contributed by atoms with E-state index in [1.165, 1.54) is 19.0 Å². The maximum absolute atomic E-state index is 12.9. The Morgan fingerprint density at radius 3 is 2.85 bits per heavy atom. The monoisotopic (exact) mass is 445 g/mol. The molecule has 1 amide bonds. The van der Waals surface area contributed by atoms with Gasteiger partial charge in [0.15, 0.2) is 0 Å². The number of aromatic nitrogens is 4. The van der Waals surface area contributed by atoms with Crippen LogP contribution >= 0.6 is 0 Å². The summed E-state index contributed by atoms with van der Waals surface area (Å²) in [4.78, 5) is 24.0. The number of carbonyl (C=O) groups is 1. The number of nitrogens with zero attached hydrogens (tertiary/aromatic N) is 5. The first-order valence-electron chi connectivity index (χ1n) is 11.2. The van der Waals surface area contributed by atoms with Crippen LogP contribution in [0.4, 0.5) is 11.5 Å². The van der Waals surface area contributed by atoms with E-state index in [0.29, 0.717) is 23.5 Å². The molecule has 0 radical (unpaired) electrons. The lowest BCUT2D eigenvalue weighted by Gasteiger charge is -2.17. The summed E-state index contributed by atoms with van der Waals surface area (Å²) < 4.78 is 7.50. The molecule has 9 heteroatoms. The zero-order valence-corrected chi connectivity index (χ0v) is 18.8. The summed E-state index contributed by atoms with van der Waals surface area (Å²) in [6.45, 7) is 3.83. The molecule has 2 fully saturated rings. The number of hydrogen-bond donors (Lipinski definition) is 2. The second-order valence-corrected chi connectivity index (χ2v) is 8.51. The minimum Gasteiger partial charge on any atom is -0.479 e. The van der Waals surface area contributed by atoms with Crippen LogP contribution in [-0.4, -0.2) is 57.4 Å². The lowest BCUT2D eigenvalue weighted by atomic mass is 10.2. The topological polar surface area (TPSA) is 97.2 Å². The van der Waals surface area contributed by atoms with Crippen LogP contribution in [0.25, 0.3) is 10.9 Å². The highest BCUT2D eigenvalue weighted by atomic mass is 16.5. The van der Waals surface area contributed by atoms with Crippen molar-refractivity contribution in [1.29, 1.82) is 0 Å². The Kier molecular flexibility index (Phi) is 5.84. The lowest BCUT2D eigenvalue weighted by molar-refractivity contribution is 0.102. The van der Waals surface area contributed by atoms with Gasteiger partial charge in [0, 0.05) is 49.9 Å². The standard InChI is InChI=1S/C24H27N7O2/c1-3-4-9-33-22-11-19-16(14-30(2)29-19)10-20(22)28-24(32)21-12-26-23(13-25-21)31-8-7-18(15-31)27-17-5-6-17/h10-14,17-18,27H,5-9,15H2,1-2H3,(H,28,32)/t18-/m1/s1. The van der Waals surface area contributed by atoms with Gasteiger partial charge in [0.1, 0.15) is 23.9 Å². The van der Waals surface area contributed by atoms with Gasteiger partial charge in [-0.05, 0) is 32.3 Å². The molecule has 2 N–H and O–H groups in total. The van der Waals surface area contributed by atoms with Crippen molar-refractivity contribution < 1.29 is 9.53 Å². The molecule has 1 atom stereocenters. The fourth-order valence-electron chi connectivity index (χ4n) is 4.05. The van der Waals surface area contributed by atoms with Crippen molar-refractivity contribution in [3.05, 3.63) is 36.4 Å². The first kappa shape index (κ1) is 21.2. The van der Waals surface area contributed by atoms with Crippen molar-refractivity contribution in [3.63, 3.8) is 0 Å². The average molecular weight is 446 g/mol. The van der Waals surface area contributed by atoms with Crippen molar-refractivity contribution in [3.8, 4) is 17.6 Å². The number of rotatable bonds is 7. The highest BCUT2D eigenvalue weighted by Gasteiger charge is 2.29. The number of nitrogens with one attached hydrogen (secondary N) is 2. The first-order chi connectivity index (χ1) is 16.1. The van der Waals surface area contributed by atoms with E-state index in [1.54, 1.807) is 23.9 Å². The average Bonchev–Trinajstić information content (AvgIpc) is 3.37. The van der Waals surface area contributed by atoms with Gasteiger partial charge in [0.25, 0.3) is 5.91 Å². The van der Waals surface area contributed by atoms with Crippen LogP contribution in [0.1, 0.15) is 36.7 Å². The van der Waals surface area contributed by atoms with E-state index in [2.05, 4.69) is 42.4 Å². The molecule has 1 aliphatic heterocycles. The molecule has 0 unspecified atom stereocenters. The summed E-state index contributed by atoms with van der Waals surface area (Å²) in [6, 6.07) is 4.84. The van der Waals surface area contributed by atoms with Crippen LogP contribution in [0.5, 0.6) is 5.75 Å². The molecule has 1 aromatic carbocycles. The molecule has 0 spiro atoms. The fraction of sp³-hybridized carbons (Fsp3) is 0.417. The molecule has 3 heterocycles. The summed E-state index contributed by atoms with van der Waals surface area (Å²) >= 11 is 0. The SMILES string of the molecule is CC#CCOc1cc2nn(C)cc2cc1NC(=O)c1cnc(N2CC[C@@H](NC3CC3)C2)cn1. The number of carbonyl (C=O) groups excluding carboxylic acids is 1. The number of amides is 1. The van der Waals surface area contributed by atoms with E-state index in [-0.39, 0.29) is 18.2 Å². The van der Waals surface area contributed by atoms with Crippen molar-refractivity contribution >= 4 is 28.3 Å². The van der Waals surface area contributed by atoms with Gasteiger partial charge in [-0.15, -0.1) is 5.92 Å². The number of fused-ring (bicyclic) bond motifs is 1. The van der Waals surface area contributed by atoms with Gasteiger partial charge < -0.3 is 20.3 Å². The maximum atomic E-state index is 12.9. The second kappa shape index (κ2) is 9.08. The molecule has 2 aromatic heterocycles. The van der Waals surface area contributed by atoms with Crippen LogP contribution in [0.15, 0.2) is 30.7 Å². The molecule has 0 bridgehead atoms. The summed E-state index contributed by atoms with van der Waals surface area (Å²) in [6.07, 6.45) is 8.75. The summed E-state index contributed by atoms with van der Waals surface area (Å²) in [7, 11) is 1.85. The molecule has 1 saturated carbocycles. The molecule has 9 nitrogen and oxygen atoms in total. The van der Waals surface area contributed by atoms with E-state index in [4.69, 9.17) is 4.74 Å². The van der Waals surface area contributed by atoms with E-state index >= 15 is 0 Å². The number of hydrogen-bond acceptors (Lipinski definition) is 7. The lowest BCUT2D eigenvalue weighted by Crippen LogP contribution is -2.34. The van der Waals surface area contributed by atoms with Gasteiger partial charge in [-0.1, -0.05) is 5.92 Å². The van der Waals surface area contributed by atoms with E-state index < -0.39 is 0 Å². The normalized spacial score (nSPS) is 17.6. The Balaban J connectivity index is 1.29. The van der Waals surface area contributed by atoms with Crippen LogP contribution in [0, 0.1) is 11.8 Å². The highest BCUT2D eigenvalue weighted by Crippen LogP contribution is 2.30.